The maximum Gasteiger partial charge on any atom is 0.163 e. The maximum atomic E-state index is 5.65. The summed E-state index contributed by atoms with van der Waals surface area (Å²) in [7, 11) is 0. The van der Waals surface area contributed by atoms with E-state index in [2.05, 4.69) is 44.6 Å². The molecule has 3 aliphatic heterocycles. The number of ether oxygens (including phenoxy) is 3. The summed E-state index contributed by atoms with van der Waals surface area (Å²) in [5, 5.41) is 0. The van der Waals surface area contributed by atoms with Gasteiger partial charge in [-0.15, -0.1) is 0 Å². The van der Waals surface area contributed by atoms with Gasteiger partial charge < -0.3 is 28.9 Å². The molecule has 6 aromatic rings. The fourth-order valence-electron chi connectivity index (χ4n) is 5.28. The quantitative estimate of drug-likeness (QED) is 0.244. The Hall–Kier alpha value is -6.30. The van der Waals surface area contributed by atoms with E-state index in [1.165, 1.54) is 0 Å². The molecule has 12 heteroatoms. The first-order chi connectivity index (χ1) is 23.8. The molecule has 0 N–H and O–H groups in total. The van der Waals surface area contributed by atoms with Gasteiger partial charge in [-0.2, -0.15) is 0 Å². The number of rotatable bonds is 3. The number of nitrogens with zero attached hydrogens (tertiary/aromatic N) is 9. The monoisotopic (exact) mass is 639 g/mol. The van der Waals surface area contributed by atoms with Crippen LogP contribution in [0.15, 0.2) is 129 Å². The van der Waals surface area contributed by atoms with Crippen LogP contribution in [0.25, 0.3) is 0 Å². The molecule has 0 fully saturated rings. The second-order valence-corrected chi connectivity index (χ2v) is 10.9. The highest BCUT2D eigenvalue weighted by Crippen LogP contribution is 2.28. The van der Waals surface area contributed by atoms with Crippen molar-refractivity contribution >= 4 is 17.3 Å². The zero-order chi connectivity index (χ0) is 32.4. The number of pyridine rings is 6. The number of anilines is 3. The molecule has 6 aromatic heterocycles. The summed E-state index contributed by atoms with van der Waals surface area (Å²) >= 11 is 0. The van der Waals surface area contributed by atoms with Crippen molar-refractivity contribution in [2.75, 3.05) is 34.9 Å². The van der Waals surface area contributed by atoms with Crippen molar-refractivity contribution in [1.82, 2.24) is 29.9 Å². The summed E-state index contributed by atoms with van der Waals surface area (Å²) in [6.45, 7) is 3.97. The molecule has 0 atom stereocenters. The lowest BCUT2D eigenvalue weighted by Gasteiger charge is -2.29. The summed E-state index contributed by atoms with van der Waals surface area (Å²) in [6.07, 6.45) is 16.1. The molecule has 0 radical (unpaired) electrons. The number of hydrogen-bond acceptors (Lipinski definition) is 12. The van der Waals surface area contributed by atoms with Gasteiger partial charge in [0.25, 0.3) is 0 Å². The van der Waals surface area contributed by atoms with Gasteiger partial charge in [-0.1, -0.05) is 12.1 Å². The second-order valence-electron chi connectivity index (χ2n) is 10.9. The van der Waals surface area contributed by atoms with Crippen LogP contribution < -0.4 is 28.9 Å². The Morgan fingerprint density at radius 2 is 1.00 bits per heavy atom. The topological polar surface area (TPSA) is 115 Å². The van der Waals surface area contributed by atoms with Gasteiger partial charge in [-0.25, -0.2) is 9.97 Å². The standard InChI is InChI=1S/3C12H11N3O/c1-2-6-14-12(5-1)15-8-10-11(16-9-15)4-3-7-13-10;1-2-11(7-13-4-1)15-8-10-6-14-5-3-12(10)16-9-15;1-2-5-14-12(3-1)15-8-10-7-13-6-4-11(10)16-9-15/h3*1-7H,8-9H2. The minimum atomic E-state index is 0.524. The highest BCUT2D eigenvalue weighted by Gasteiger charge is 2.20. The Balaban J connectivity index is 0.000000114. The molecular formula is C36H33N9O3. The van der Waals surface area contributed by atoms with E-state index in [-0.39, 0.29) is 0 Å². The summed E-state index contributed by atoms with van der Waals surface area (Å²) in [4.78, 5) is 31.4. The van der Waals surface area contributed by atoms with Gasteiger partial charge in [0, 0.05) is 60.7 Å². The Morgan fingerprint density at radius 1 is 0.438 bits per heavy atom. The van der Waals surface area contributed by atoms with E-state index < -0.39 is 0 Å². The highest BCUT2D eigenvalue weighted by atomic mass is 16.5. The summed E-state index contributed by atoms with van der Waals surface area (Å²) in [5.41, 5.74) is 4.23. The number of hydrogen-bond donors (Lipinski definition) is 0. The van der Waals surface area contributed by atoms with Crippen molar-refractivity contribution < 1.29 is 14.2 Å². The number of aromatic nitrogens is 6. The molecule has 0 saturated heterocycles. The van der Waals surface area contributed by atoms with Crippen LogP contribution in [0.1, 0.15) is 16.8 Å². The minimum absolute atomic E-state index is 0.524. The summed E-state index contributed by atoms with van der Waals surface area (Å²) in [6, 6.07) is 23.3. The van der Waals surface area contributed by atoms with Crippen LogP contribution in [0.4, 0.5) is 17.3 Å². The van der Waals surface area contributed by atoms with Crippen molar-refractivity contribution in [3.05, 3.63) is 145 Å². The Labute approximate surface area is 278 Å². The third kappa shape index (κ3) is 7.39. The average Bonchev–Trinajstić information content (AvgIpc) is 3.19. The molecule has 240 valence electrons. The zero-order valence-corrected chi connectivity index (χ0v) is 26.1. The molecule has 9 heterocycles. The van der Waals surface area contributed by atoms with Crippen molar-refractivity contribution in [1.29, 1.82) is 0 Å². The lowest BCUT2D eigenvalue weighted by molar-refractivity contribution is 0.285. The first-order valence-corrected chi connectivity index (χ1v) is 15.4. The normalized spacial score (nSPS) is 14.1. The second kappa shape index (κ2) is 14.9. The molecule has 0 bridgehead atoms. The molecule has 48 heavy (non-hydrogen) atoms. The van der Waals surface area contributed by atoms with Gasteiger partial charge in [-0.05, 0) is 60.7 Å². The fourth-order valence-corrected chi connectivity index (χ4v) is 5.28. The van der Waals surface area contributed by atoms with E-state index in [4.69, 9.17) is 14.2 Å². The molecule has 0 unspecified atom stereocenters. The van der Waals surface area contributed by atoms with Crippen LogP contribution in [0, 0.1) is 0 Å². The van der Waals surface area contributed by atoms with E-state index >= 15 is 0 Å². The average molecular weight is 640 g/mol. The van der Waals surface area contributed by atoms with Crippen LogP contribution in [0.2, 0.25) is 0 Å². The Bertz CT molecular complexity index is 1680. The molecule has 0 spiro atoms. The smallest absolute Gasteiger partial charge is 0.163 e. The first kappa shape index (κ1) is 30.4. The van der Waals surface area contributed by atoms with Crippen molar-refractivity contribution in [3.63, 3.8) is 0 Å². The van der Waals surface area contributed by atoms with Crippen molar-refractivity contribution in [3.8, 4) is 17.2 Å². The van der Waals surface area contributed by atoms with Crippen LogP contribution in [0.5, 0.6) is 17.2 Å². The van der Waals surface area contributed by atoms with Gasteiger partial charge in [-0.3, -0.25) is 19.9 Å². The third-order valence-corrected chi connectivity index (χ3v) is 7.71. The number of fused-ring (bicyclic) bond motifs is 3. The molecular weight excluding hydrogens is 606 g/mol. The molecule has 12 nitrogen and oxygen atoms in total. The maximum absolute atomic E-state index is 5.65. The highest BCUT2D eigenvalue weighted by molar-refractivity contribution is 5.48. The molecule has 0 aliphatic carbocycles. The van der Waals surface area contributed by atoms with Crippen molar-refractivity contribution in [2.24, 2.45) is 0 Å². The largest absolute Gasteiger partial charge is 0.473 e. The van der Waals surface area contributed by atoms with Crippen molar-refractivity contribution in [2.45, 2.75) is 19.6 Å². The molecule has 3 aliphatic rings. The molecule has 0 aromatic carbocycles. The fraction of sp³-hybridized carbons (Fsp3) is 0.167. The SMILES string of the molecule is c1ccc(N2COc3cccnc3C2)nc1.c1ccc(N2COc3ccncc3C2)nc1.c1cncc(N2COc3ccncc3C2)c1. The zero-order valence-electron chi connectivity index (χ0n) is 26.1. The van der Waals surface area contributed by atoms with E-state index in [1.807, 2.05) is 91.4 Å². The van der Waals surface area contributed by atoms with Crippen LogP contribution in [-0.4, -0.2) is 50.1 Å². The van der Waals surface area contributed by atoms with E-state index in [1.54, 1.807) is 37.2 Å². The van der Waals surface area contributed by atoms with Gasteiger partial charge in [0.1, 0.15) is 34.6 Å². The van der Waals surface area contributed by atoms with E-state index in [9.17, 15) is 0 Å². The summed E-state index contributed by atoms with van der Waals surface area (Å²) in [5.74, 6) is 4.56. The van der Waals surface area contributed by atoms with Gasteiger partial charge in [0.05, 0.1) is 31.5 Å². The predicted octanol–water partition coefficient (Wildman–Crippen LogP) is 5.50. The lowest BCUT2D eigenvalue weighted by Crippen LogP contribution is -2.32. The minimum Gasteiger partial charge on any atom is -0.473 e. The molecule has 0 saturated carbocycles. The first-order valence-electron chi connectivity index (χ1n) is 15.4. The molecule has 9 rings (SSSR count). The lowest BCUT2D eigenvalue weighted by atomic mass is 10.2. The van der Waals surface area contributed by atoms with Gasteiger partial charge in [0.15, 0.2) is 20.2 Å². The Kier molecular flexibility index (Phi) is 9.40. The predicted molar refractivity (Wildman–Crippen MR) is 180 cm³/mol. The van der Waals surface area contributed by atoms with Gasteiger partial charge in [0.2, 0.25) is 0 Å². The van der Waals surface area contributed by atoms with Gasteiger partial charge >= 0.3 is 0 Å². The third-order valence-electron chi connectivity index (χ3n) is 7.71. The summed E-state index contributed by atoms with van der Waals surface area (Å²) < 4.78 is 16.9. The van der Waals surface area contributed by atoms with Crippen LogP contribution in [0.3, 0.4) is 0 Å². The van der Waals surface area contributed by atoms with Crippen LogP contribution >= 0.6 is 0 Å². The van der Waals surface area contributed by atoms with E-state index in [0.717, 1.165) is 71.0 Å². The molecule has 0 amide bonds. The van der Waals surface area contributed by atoms with Crippen LogP contribution in [-0.2, 0) is 19.6 Å². The van der Waals surface area contributed by atoms with E-state index in [0.29, 0.717) is 20.2 Å². The Morgan fingerprint density at radius 3 is 1.62 bits per heavy atom.